The van der Waals surface area contributed by atoms with E-state index in [0.717, 1.165) is 27.8 Å². The van der Waals surface area contributed by atoms with E-state index < -0.39 is 24.5 Å². The minimum atomic E-state index is -0.654. The molecule has 3 rings (SSSR count). The minimum absolute atomic E-state index is 0.0771. The lowest BCUT2D eigenvalue weighted by atomic mass is 10.0. The zero-order valence-corrected chi connectivity index (χ0v) is 18.0. The van der Waals surface area contributed by atoms with Gasteiger partial charge < -0.3 is 14.8 Å². The van der Waals surface area contributed by atoms with Crippen molar-refractivity contribution in [3.8, 4) is 16.9 Å². The highest BCUT2D eigenvalue weighted by Crippen LogP contribution is 2.23. The molecular formula is C22H20N2O7S. The largest absolute Gasteiger partial charge is 0.452 e. The number of hydrogen-bond acceptors (Lipinski definition) is 8. The van der Waals surface area contributed by atoms with E-state index in [2.05, 4.69) is 5.32 Å². The SMILES string of the molecule is CC(=O)Oc1ccc(-c2ccc(C(=O)OCC(=O)NCCN3C(=O)CSC3=O)cc2)cc1. The molecule has 0 atom stereocenters. The number of nitrogens with one attached hydrogen (secondary N) is 1. The lowest BCUT2D eigenvalue weighted by Gasteiger charge is -2.13. The van der Waals surface area contributed by atoms with Crippen molar-refractivity contribution >= 4 is 40.8 Å². The van der Waals surface area contributed by atoms with Crippen molar-refractivity contribution in [3.63, 3.8) is 0 Å². The van der Waals surface area contributed by atoms with Crippen LogP contribution in [0.5, 0.6) is 5.75 Å². The molecule has 0 bridgehead atoms. The van der Waals surface area contributed by atoms with Gasteiger partial charge in [-0.25, -0.2) is 4.79 Å². The molecule has 0 unspecified atom stereocenters. The van der Waals surface area contributed by atoms with Crippen LogP contribution in [0.25, 0.3) is 11.1 Å². The minimum Gasteiger partial charge on any atom is -0.452 e. The van der Waals surface area contributed by atoms with Gasteiger partial charge >= 0.3 is 11.9 Å². The Morgan fingerprint density at radius 2 is 1.62 bits per heavy atom. The molecule has 0 spiro atoms. The van der Waals surface area contributed by atoms with Gasteiger partial charge in [0, 0.05) is 20.0 Å². The van der Waals surface area contributed by atoms with Crippen LogP contribution in [-0.2, 0) is 19.1 Å². The maximum absolute atomic E-state index is 12.2. The quantitative estimate of drug-likeness (QED) is 0.475. The topological polar surface area (TPSA) is 119 Å². The van der Waals surface area contributed by atoms with E-state index in [1.54, 1.807) is 48.5 Å². The van der Waals surface area contributed by atoms with Crippen LogP contribution in [0.3, 0.4) is 0 Å². The summed E-state index contributed by atoms with van der Waals surface area (Å²) in [5.41, 5.74) is 2.00. The number of hydrogen-bond donors (Lipinski definition) is 1. The highest BCUT2D eigenvalue weighted by atomic mass is 32.2. The van der Waals surface area contributed by atoms with Crippen LogP contribution in [-0.4, -0.2) is 59.3 Å². The monoisotopic (exact) mass is 456 g/mol. The smallest absolute Gasteiger partial charge is 0.338 e. The van der Waals surface area contributed by atoms with Crippen molar-refractivity contribution in [2.75, 3.05) is 25.4 Å². The zero-order chi connectivity index (χ0) is 23.1. The summed E-state index contributed by atoms with van der Waals surface area (Å²) >= 11 is 0.924. The summed E-state index contributed by atoms with van der Waals surface area (Å²) in [6, 6.07) is 13.6. The van der Waals surface area contributed by atoms with Gasteiger partial charge in [0.2, 0.25) is 5.91 Å². The number of carbonyl (C=O) groups is 5. The van der Waals surface area contributed by atoms with Gasteiger partial charge in [-0.05, 0) is 35.4 Å². The molecule has 1 aliphatic rings. The van der Waals surface area contributed by atoms with Crippen molar-refractivity contribution in [2.24, 2.45) is 0 Å². The van der Waals surface area contributed by atoms with E-state index in [4.69, 9.17) is 9.47 Å². The van der Waals surface area contributed by atoms with E-state index in [-0.39, 0.29) is 35.6 Å². The fraction of sp³-hybridized carbons (Fsp3) is 0.227. The molecule has 1 fully saturated rings. The number of thioether (sulfide) groups is 1. The van der Waals surface area contributed by atoms with Crippen LogP contribution in [0.15, 0.2) is 48.5 Å². The van der Waals surface area contributed by atoms with Gasteiger partial charge in [-0.2, -0.15) is 0 Å². The van der Waals surface area contributed by atoms with Gasteiger partial charge in [0.25, 0.3) is 11.1 Å². The third-order valence-corrected chi connectivity index (χ3v) is 5.26. The van der Waals surface area contributed by atoms with Gasteiger partial charge in [-0.15, -0.1) is 0 Å². The molecule has 0 aliphatic carbocycles. The lowest BCUT2D eigenvalue weighted by Crippen LogP contribution is -2.38. The summed E-state index contributed by atoms with van der Waals surface area (Å²) in [7, 11) is 0. The maximum Gasteiger partial charge on any atom is 0.338 e. The van der Waals surface area contributed by atoms with Gasteiger partial charge in [0.1, 0.15) is 5.75 Å². The molecule has 3 amide bonds. The Kier molecular flexibility index (Phi) is 7.61. The fourth-order valence-corrected chi connectivity index (χ4v) is 3.60. The highest BCUT2D eigenvalue weighted by Gasteiger charge is 2.29. The maximum atomic E-state index is 12.2. The molecule has 2 aromatic carbocycles. The Bertz CT molecular complexity index is 1020. The molecule has 166 valence electrons. The summed E-state index contributed by atoms with van der Waals surface area (Å²) in [4.78, 5) is 59.0. The Morgan fingerprint density at radius 1 is 1.00 bits per heavy atom. The van der Waals surface area contributed by atoms with Gasteiger partial charge in [0.15, 0.2) is 6.61 Å². The van der Waals surface area contributed by atoms with Crippen LogP contribution in [0, 0.1) is 0 Å². The molecule has 0 aromatic heterocycles. The van der Waals surface area contributed by atoms with E-state index in [9.17, 15) is 24.0 Å². The van der Waals surface area contributed by atoms with E-state index in [0.29, 0.717) is 5.75 Å². The summed E-state index contributed by atoms with van der Waals surface area (Å²) in [6.45, 7) is 1.01. The first-order chi connectivity index (χ1) is 15.3. The van der Waals surface area contributed by atoms with E-state index in [1.165, 1.54) is 6.92 Å². The lowest BCUT2D eigenvalue weighted by molar-refractivity contribution is -0.132. The van der Waals surface area contributed by atoms with Crippen LogP contribution >= 0.6 is 11.8 Å². The third-order valence-electron chi connectivity index (χ3n) is 4.40. The van der Waals surface area contributed by atoms with Gasteiger partial charge in [-0.3, -0.25) is 24.1 Å². The summed E-state index contributed by atoms with van der Waals surface area (Å²) in [5, 5.41) is 2.17. The van der Waals surface area contributed by atoms with Crippen LogP contribution in [0.4, 0.5) is 4.79 Å². The second kappa shape index (κ2) is 10.6. The second-order valence-corrected chi connectivity index (χ2v) is 7.65. The molecule has 9 nitrogen and oxygen atoms in total. The Labute approximate surface area is 188 Å². The molecule has 10 heteroatoms. The first kappa shape index (κ1) is 23.0. The number of ether oxygens (including phenoxy) is 2. The number of amides is 3. The number of esters is 2. The standard InChI is InChI=1S/C22H20N2O7S/c1-14(25)31-18-8-6-16(7-9-18)15-2-4-17(5-3-15)21(28)30-12-19(26)23-10-11-24-20(27)13-32-22(24)29/h2-9H,10-13H2,1H3,(H,23,26). The van der Waals surface area contributed by atoms with Crippen LogP contribution in [0.2, 0.25) is 0 Å². The summed E-state index contributed by atoms with van der Waals surface area (Å²) in [5.74, 6) is -1.32. The molecule has 32 heavy (non-hydrogen) atoms. The van der Waals surface area contributed by atoms with Crippen molar-refractivity contribution in [1.82, 2.24) is 10.2 Å². The summed E-state index contributed by atoms with van der Waals surface area (Å²) in [6.07, 6.45) is 0. The Balaban J connectivity index is 1.45. The highest BCUT2D eigenvalue weighted by molar-refractivity contribution is 8.14. The predicted molar refractivity (Wildman–Crippen MR) is 116 cm³/mol. The third kappa shape index (κ3) is 6.17. The van der Waals surface area contributed by atoms with Crippen LogP contribution < -0.4 is 10.1 Å². The average molecular weight is 456 g/mol. The molecule has 2 aromatic rings. The van der Waals surface area contributed by atoms with Crippen molar-refractivity contribution in [3.05, 3.63) is 54.1 Å². The molecule has 1 N–H and O–H groups in total. The Hall–Kier alpha value is -3.66. The second-order valence-electron chi connectivity index (χ2n) is 6.72. The van der Waals surface area contributed by atoms with Gasteiger partial charge in [-0.1, -0.05) is 36.0 Å². The Morgan fingerprint density at radius 3 is 2.19 bits per heavy atom. The van der Waals surface area contributed by atoms with Gasteiger partial charge in [0.05, 0.1) is 11.3 Å². The number of carbonyl (C=O) groups excluding carboxylic acids is 5. The zero-order valence-electron chi connectivity index (χ0n) is 17.2. The fourth-order valence-electron chi connectivity index (χ4n) is 2.85. The van der Waals surface area contributed by atoms with Crippen molar-refractivity contribution < 1.29 is 33.4 Å². The predicted octanol–water partition coefficient (Wildman–Crippen LogP) is 2.25. The molecule has 1 heterocycles. The normalized spacial score (nSPS) is 13.1. The average Bonchev–Trinajstić information content (AvgIpc) is 3.10. The van der Waals surface area contributed by atoms with Crippen molar-refractivity contribution in [1.29, 1.82) is 0 Å². The summed E-state index contributed by atoms with van der Waals surface area (Å²) < 4.78 is 10.00. The number of benzene rings is 2. The molecule has 0 saturated carbocycles. The molecule has 1 aliphatic heterocycles. The van der Waals surface area contributed by atoms with Crippen LogP contribution in [0.1, 0.15) is 17.3 Å². The number of rotatable bonds is 8. The van der Waals surface area contributed by atoms with E-state index >= 15 is 0 Å². The molecule has 1 saturated heterocycles. The number of nitrogens with zero attached hydrogens (tertiary/aromatic N) is 1. The molecular weight excluding hydrogens is 436 g/mol. The number of imide groups is 1. The first-order valence-electron chi connectivity index (χ1n) is 9.63. The van der Waals surface area contributed by atoms with Crippen molar-refractivity contribution in [2.45, 2.75) is 6.92 Å². The first-order valence-corrected chi connectivity index (χ1v) is 10.6. The molecule has 0 radical (unpaired) electrons. The van der Waals surface area contributed by atoms with E-state index in [1.807, 2.05) is 0 Å².